The van der Waals surface area contributed by atoms with Crippen molar-refractivity contribution < 1.29 is 13.2 Å². The van der Waals surface area contributed by atoms with Gasteiger partial charge in [0.2, 0.25) is 0 Å². The molecule has 0 nitrogen and oxygen atoms in total. The summed E-state index contributed by atoms with van der Waals surface area (Å²) in [6.45, 7) is 0. The zero-order valence-electron chi connectivity index (χ0n) is 11.3. The van der Waals surface area contributed by atoms with Crippen LogP contribution in [0, 0.1) is 0 Å². The minimum Gasteiger partial charge on any atom is -0.166 e. The van der Waals surface area contributed by atoms with Crippen molar-refractivity contribution in [2.75, 3.05) is 0 Å². The van der Waals surface area contributed by atoms with Crippen LogP contribution in [0.25, 0.3) is 11.1 Å². The molecular formula is C17H11F3S2. The Bertz CT molecular complexity index is 752. The number of benzene rings is 1. The Hall–Kier alpha value is -1.85. The largest absolute Gasteiger partial charge is 0.417 e. The van der Waals surface area contributed by atoms with Crippen LogP contribution in [-0.2, 0) is 0 Å². The van der Waals surface area contributed by atoms with E-state index in [1.165, 1.54) is 34.1 Å². The van der Waals surface area contributed by atoms with Gasteiger partial charge < -0.3 is 0 Å². The van der Waals surface area contributed by atoms with Gasteiger partial charge in [-0.25, -0.2) is 0 Å². The Morgan fingerprint density at radius 1 is 0.727 bits per heavy atom. The molecule has 0 atom stereocenters. The fraction of sp³-hybridized carbons (Fsp3) is 0.0588. The van der Waals surface area contributed by atoms with E-state index >= 15 is 0 Å². The summed E-state index contributed by atoms with van der Waals surface area (Å²) in [6.07, 6.45) is -4.42. The van der Waals surface area contributed by atoms with Crippen molar-refractivity contribution in [2.45, 2.75) is 6.18 Å². The summed E-state index contributed by atoms with van der Waals surface area (Å²) >= 11 is 2.65. The van der Waals surface area contributed by atoms with E-state index < -0.39 is 11.7 Å². The highest BCUT2D eigenvalue weighted by molar-refractivity contribution is 7.08. The van der Waals surface area contributed by atoms with Crippen LogP contribution in [0.5, 0.6) is 0 Å². The first-order valence-electron chi connectivity index (χ1n) is 6.49. The van der Waals surface area contributed by atoms with E-state index in [0.29, 0.717) is 11.1 Å². The maximum atomic E-state index is 13.8. The van der Waals surface area contributed by atoms with Crippen molar-refractivity contribution in [1.82, 2.24) is 0 Å². The third-order valence-corrected chi connectivity index (χ3v) is 4.58. The summed E-state index contributed by atoms with van der Waals surface area (Å²) in [5.41, 5.74) is 1.02. The fourth-order valence-corrected chi connectivity index (χ4v) is 3.62. The van der Waals surface area contributed by atoms with Gasteiger partial charge in [0.25, 0.3) is 0 Å². The molecule has 2 heterocycles. The van der Waals surface area contributed by atoms with Crippen molar-refractivity contribution >= 4 is 33.8 Å². The minimum atomic E-state index is -4.42. The Balaban J connectivity index is 2.34. The molecule has 5 heteroatoms. The summed E-state index contributed by atoms with van der Waals surface area (Å²) in [6, 6.07) is 12.0. The van der Waals surface area contributed by atoms with Crippen molar-refractivity contribution in [3.63, 3.8) is 0 Å². The van der Waals surface area contributed by atoms with Crippen LogP contribution in [0.3, 0.4) is 0 Å². The normalized spacial score (nSPS) is 13.0. The first-order valence-corrected chi connectivity index (χ1v) is 8.38. The maximum Gasteiger partial charge on any atom is 0.417 e. The molecule has 22 heavy (non-hydrogen) atoms. The molecule has 2 aromatic heterocycles. The van der Waals surface area contributed by atoms with E-state index in [0.717, 1.165) is 0 Å². The molecule has 0 saturated heterocycles. The highest BCUT2D eigenvalue weighted by Gasteiger charge is 2.38. The summed E-state index contributed by atoms with van der Waals surface area (Å²) in [5, 5.41) is 6.75. The average Bonchev–Trinajstić information content (AvgIpc) is 3.17. The minimum absolute atomic E-state index is 0.211. The first-order chi connectivity index (χ1) is 10.6. The number of thiophene rings is 2. The van der Waals surface area contributed by atoms with Crippen LogP contribution in [-0.4, -0.2) is 6.18 Å². The maximum absolute atomic E-state index is 13.8. The van der Waals surface area contributed by atoms with Gasteiger partial charge in [-0.05, 0) is 50.3 Å². The second-order valence-electron chi connectivity index (χ2n) is 4.64. The van der Waals surface area contributed by atoms with Crippen molar-refractivity contribution in [1.29, 1.82) is 0 Å². The van der Waals surface area contributed by atoms with Crippen LogP contribution in [0.15, 0.2) is 64.0 Å². The highest BCUT2D eigenvalue weighted by atomic mass is 32.1. The van der Waals surface area contributed by atoms with E-state index in [2.05, 4.69) is 0 Å². The van der Waals surface area contributed by atoms with Gasteiger partial charge in [-0.15, -0.1) is 0 Å². The van der Waals surface area contributed by atoms with Crippen molar-refractivity contribution in [3.8, 4) is 0 Å². The molecule has 0 aliphatic heterocycles. The van der Waals surface area contributed by atoms with Crippen LogP contribution in [0.4, 0.5) is 13.2 Å². The van der Waals surface area contributed by atoms with E-state index in [9.17, 15) is 13.2 Å². The van der Waals surface area contributed by atoms with Gasteiger partial charge in [0, 0.05) is 5.57 Å². The van der Waals surface area contributed by atoms with Gasteiger partial charge in [0.15, 0.2) is 0 Å². The molecule has 112 valence electrons. The number of rotatable bonds is 3. The number of halogens is 3. The zero-order chi connectivity index (χ0) is 15.6. The topological polar surface area (TPSA) is 0 Å². The summed E-state index contributed by atoms with van der Waals surface area (Å²) < 4.78 is 41.3. The Morgan fingerprint density at radius 2 is 1.32 bits per heavy atom. The van der Waals surface area contributed by atoms with Gasteiger partial charge >= 0.3 is 6.18 Å². The summed E-state index contributed by atoms with van der Waals surface area (Å²) in [7, 11) is 0. The first kappa shape index (κ1) is 15.1. The molecule has 0 spiro atoms. The van der Waals surface area contributed by atoms with E-state index in [1.807, 2.05) is 0 Å². The van der Waals surface area contributed by atoms with Gasteiger partial charge in [-0.3, -0.25) is 0 Å². The van der Waals surface area contributed by atoms with Crippen LogP contribution < -0.4 is 0 Å². The molecule has 0 saturated carbocycles. The van der Waals surface area contributed by atoms with E-state index in [1.54, 1.807) is 52.5 Å². The molecule has 0 amide bonds. The smallest absolute Gasteiger partial charge is 0.166 e. The summed E-state index contributed by atoms with van der Waals surface area (Å²) in [5.74, 6) is 0. The van der Waals surface area contributed by atoms with Gasteiger partial charge in [-0.2, -0.15) is 35.8 Å². The molecule has 0 aliphatic carbocycles. The number of hydrogen-bond acceptors (Lipinski definition) is 2. The number of hydrogen-bond donors (Lipinski definition) is 0. The van der Waals surface area contributed by atoms with Crippen molar-refractivity contribution in [3.05, 3.63) is 80.7 Å². The SMILES string of the molecule is FC(F)(F)/C(=C(\c1ccccc1)c1ccsc1)c1ccsc1. The van der Waals surface area contributed by atoms with Gasteiger partial charge in [-0.1, -0.05) is 30.3 Å². The molecule has 0 N–H and O–H groups in total. The quantitative estimate of drug-likeness (QED) is 0.524. The van der Waals surface area contributed by atoms with E-state index in [-0.39, 0.29) is 11.1 Å². The second kappa shape index (κ2) is 6.10. The standard InChI is InChI=1S/C17H11F3S2/c18-17(19,20)16(14-7-9-22-11-14)15(13-6-8-21-10-13)12-4-2-1-3-5-12/h1-11H/b16-15+. The van der Waals surface area contributed by atoms with E-state index in [4.69, 9.17) is 0 Å². The number of allylic oxidation sites excluding steroid dienone is 1. The number of alkyl halides is 3. The average molecular weight is 336 g/mol. The molecule has 3 aromatic rings. The Morgan fingerprint density at radius 3 is 1.82 bits per heavy atom. The highest BCUT2D eigenvalue weighted by Crippen LogP contribution is 2.43. The Labute approximate surface area is 134 Å². The van der Waals surface area contributed by atoms with Gasteiger partial charge in [0.05, 0.1) is 5.57 Å². The predicted molar refractivity (Wildman–Crippen MR) is 87.1 cm³/mol. The lowest BCUT2D eigenvalue weighted by Crippen LogP contribution is -2.13. The lowest BCUT2D eigenvalue weighted by atomic mass is 9.91. The zero-order valence-corrected chi connectivity index (χ0v) is 12.9. The van der Waals surface area contributed by atoms with Crippen LogP contribution in [0.2, 0.25) is 0 Å². The lowest BCUT2D eigenvalue weighted by molar-refractivity contribution is -0.0684. The molecule has 3 rings (SSSR count). The second-order valence-corrected chi connectivity index (χ2v) is 6.20. The monoisotopic (exact) mass is 336 g/mol. The third kappa shape index (κ3) is 3.00. The Kier molecular flexibility index (Phi) is 4.18. The molecule has 0 unspecified atom stereocenters. The third-order valence-electron chi connectivity index (χ3n) is 3.22. The molecular weight excluding hydrogens is 325 g/mol. The van der Waals surface area contributed by atoms with Gasteiger partial charge in [0.1, 0.15) is 0 Å². The van der Waals surface area contributed by atoms with Crippen molar-refractivity contribution in [2.24, 2.45) is 0 Å². The van der Waals surface area contributed by atoms with Crippen LogP contribution >= 0.6 is 22.7 Å². The van der Waals surface area contributed by atoms with Crippen LogP contribution in [0.1, 0.15) is 16.7 Å². The summed E-state index contributed by atoms with van der Waals surface area (Å²) in [4.78, 5) is 0. The molecule has 0 radical (unpaired) electrons. The molecule has 0 aliphatic rings. The predicted octanol–water partition coefficient (Wildman–Crippen LogP) is 6.33. The lowest BCUT2D eigenvalue weighted by Gasteiger charge is -2.17. The fourth-order valence-electron chi connectivity index (χ4n) is 2.32. The molecule has 1 aromatic carbocycles. The molecule has 0 bridgehead atoms. The molecule has 0 fully saturated rings.